The Morgan fingerprint density at radius 3 is 2.46 bits per heavy atom. The minimum Gasteiger partial charge on any atom is -0.449 e. The number of carbonyl (C=O) groups excluding carboxylic acids is 1. The summed E-state index contributed by atoms with van der Waals surface area (Å²) in [4.78, 5) is 10.8. The Labute approximate surface area is 93.6 Å². The van der Waals surface area contributed by atoms with Gasteiger partial charge in [0.25, 0.3) is 0 Å². The van der Waals surface area contributed by atoms with Gasteiger partial charge in [-0.3, -0.25) is 4.79 Å². The molecule has 1 aliphatic carbocycles. The van der Waals surface area contributed by atoms with Gasteiger partial charge in [-0.2, -0.15) is 0 Å². The van der Waals surface area contributed by atoms with Gasteiger partial charge < -0.3 is 4.74 Å². The normalized spacial score (nSPS) is 38.2. The van der Waals surface area contributed by atoms with Crippen molar-refractivity contribution in [3.63, 3.8) is 0 Å². The zero-order valence-electron chi connectivity index (χ0n) is 8.52. The van der Waals surface area contributed by atoms with Crippen LogP contribution < -0.4 is 0 Å². The van der Waals surface area contributed by atoms with E-state index in [1.807, 2.05) is 0 Å². The standard InChI is InChI=1S/C10H17IO2/c1-4-5-9(3)6-10(11,7-9)13-8(2)12/h4-7H2,1-3H3. The third-order valence-corrected chi connectivity index (χ3v) is 3.54. The zero-order valence-corrected chi connectivity index (χ0v) is 10.7. The molecule has 2 nitrogen and oxygen atoms in total. The number of halogens is 1. The first kappa shape index (κ1) is 11.3. The fourth-order valence-corrected chi connectivity index (χ4v) is 4.48. The summed E-state index contributed by atoms with van der Waals surface area (Å²) in [6.45, 7) is 5.96. The second-order valence-corrected chi connectivity index (χ2v) is 6.36. The van der Waals surface area contributed by atoms with E-state index in [9.17, 15) is 4.79 Å². The first-order chi connectivity index (χ1) is 5.89. The third kappa shape index (κ3) is 2.82. The van der Waals surface area contributed by atoms with Gasteiger partial charge in [0.05, 0.1) is 0 Å². The lowest BCUT2D eigenvalue weighted by molar-refractivity contribution is -0.161. The van der Waals surface area contributed by atoms with Crippen molar-refractivity contribution in [2.45, 2.75) is 50.1 Å². The highest BCUT2D eigenvalue weighted by atomic mass is 127. The van der Waals surface area contributed by atoms with Gasteiger partial charge in [-0.1, -0.05) is 20.3 Å². The molecule has 0 N–H and O–H groups in total. The minimum absolute atomic E-state index is 0.159. The van der Waals surface area contributed by atoms with E-state index in [0.29, 0.717) is 5.41 Å². The molecule has 0 aromatic carbocycles. The van der Waals surface area contributed by atoms with Gasteiger partial charge in [0, 0.05) is 19.8 Å². The van der Waals surface area contributed by atoms with Crippen LogP contribution in [0.1, 0.15) is 46.5 Å². The first-order valence-electron chi connectivity index (χ1n) is 4.78. The maximum Gasteiger partial charge on any atom is 0.303 e. The van der Waals surface area contributed by atoms with Crippen molar-refractivity contribution in [1.82, 2.24) is 0 Å². The van der Waals surface area contributed by atoms with Crippen LogP contribution in [0.2, 0.25) is 0 Å². The fraction of sp³-hybridized carbons (Fsp3) is 0.900. The molecule has 1 saturated carbocycles. The highest BCUT2D eigenvalue weighted by Crippen LogP contribution is 2.56. The number of hydrogen-bond acceptors (Lipinski definition) is 2. The molecule has 0 aromatic rings. The lowest BCUT2D eigenvalue weighted by Gasteiger charge is -2.50. The van der Waals surface area contributed by atoms with Crippen molar-refractivity contribution in [1.29, 1.82) is 0 Å². The number of carbonyl (C=O) groups is 1. The number of rotatable bonds is 3. The summed E-state index contributed by atoms with van der Waals surface area (Å²) in [5.74, 6) is -0.159. The van der Waals surface area contributed by atoms with Crippen molar-refractivity contribution >= 4 is 28.6 Å². The van der Waals surface area contributed by atoms with Crippen molar-refractivity contribution in [2.24, 2.45) is 5.41 Å². The highest BCUT2D eigenvalue weighted by Gasteiger charge is 2.52. The molecule has 0 bridgehead atoms. The van der Waals surface area contributed by atoms with E-state index in [0.717, 1.165) is 12.8 Å². The Hall–Kier alpha value is 0.200. The molecule has 1 aliphatic rings. The molecule has 0 atom stereocenters. The molecule has 0 heterocycles. The van der Waals surface area contributed by atoms with Crippen LogP contribution in [-0.4, -0.2) is 9.58 Å². The summed E-state index contributed by atoms with van der Waals surface area (Å²) in [7, 11) is 0. The quantitative estimate of drug-likeness (QED) is 0.454. The molecule has 1 rings (SSSR count). The monoisotopic (exact) mass is 296 g/mol. The number of esters is 1. The maximum atomic E-state index is 10.8. The van der Waals surface area contributed by atoms with Crippen molar-refractivity contribution in [2.75, 3.05) is 0 Å². The predicted molar refractivity (Wildman–Crippen MR) is 60.8 cm³/mol. The Morgan fingerprint density at radius 2 is 2.08 bits per heavy atom. The second-order valence-electron chi connectivity index (χ2n) is 4.39. The maximum absolute atomic E-state index is 10.8. The van der Waals surface area contributed by atoms with Crippen molar-refractivity contribution < 1.29 is 9.53 Å². The Kier molecular flexibility index (Phi) is 3.25. The lowest BCUT2D eigenvalue weighted by atomic mass is 9.65. The zero-order chi connectivity index (χ0) is 10.1. The van der Waals surface area contributed by atoms with E-state index in [1.54, 1.807) is 0 Å². The van der Waals surface area contributed by atoms with Gasteiger partial charge in [0.1, 0.15) is 0 Å². The molecule has 13 heavy (non-hydrogen) atoms. The minimum atomic E-state index is -0.201. The molecule has 0 radical (unpaired) electrons. The molecule has 0 aromatic heterocycles. The summed E-state index contributed by atoms with van der Waals surface area (Å²) < 4.78 is 5.06. The van der Waals surface area contributed by atoms with Crippen molar-refractivity contribution in [3.8, 4) is 0 Å². The summed E-state index contributed by atoms with van der Waals surface area (Å²) in [5.41, 5.74) is 0.408. The summed E-state index contributed by atoms with van der Waals surface area (Å²) >= 11 is 2.26. The van der Waals surface area contributed by atoms with Crippen LogP contribution in [0.3, 0.4) is 0 Å². The van der Waals surface area contributed by atoms with Crippen molar-refractivity contribution in [3.05, 3.63) is 0 Å². The molecule has 76 valence electrons. The van der Waals surface area contributed by atoms with Gasteiger partial charge in [0.15, 0.2) is 3.61 Å². The van der Waals surface area contributed by atoms with E-state index in [-0.39, 0.29) is 9.58 Å². The Balaban J connectivity index is 2.41. The average molecular weight is 296 g/mol. The van der Waals surface area contributed by atoms with E-state index < -0.39 is 0 Å². The topological polar surface area (TPSA) is 26.3 Å². The summed E-state index contributed by atoms with van der Waals surface area (Å²) in [6.07, 6.45) is 4.46. The average Bonchev–Trinajstić information content (AvgIpc) is 1.80. The third-order valence-electron chi connectivity index (χ3n) is 2.56. The van der Waals surface area contributed by atoms with Crippen LogP contribution in [0.25, 0.3) is 0 Å². The SMILES string of the molecule is CCCC1(C)CC(I)(OC(C)=O)C1. The first-order valence-corrected chi connectivity index (χ1v) is 5.85. The molecule has 0 aliphatic heterocycles. The van der Waals surface area contributed by atoms with Crippen LogP contribution in [0.5, 0.6) is 0 Å². The van der Waals surface area contributed by atoms with E-state index >= 15 is 0 Å². The summed E-state index contributed by atoms with van der Waals surface area (Å²) in [6, 6.07) is 0. The number of hydrogen-bond donors (Lipinski definition) is 0. The van der Waals surface area contributed by atoms with Crippen LogP contribution >= 0.6 is 22.6 Å². The van der Waals surface area contributed by atoms with E-state index in [2.05, 4.69) is 36.4 Å². The van der Waals surface area contributed by atoms with Gasteiger partial charge in [-0.15, -0.1) is 0 Å². The van der Waals surface area contributed by atoms with Crippen LogP contribution in [-0.2, 0) is 9.53 Å². The van der Waals surface area contributed by atoms with Gasteiger partial charge in [-0.25, -0.2) is 0 Å². The van der Waals surface area contributed by atoms with Gasteiger partial charge >= 0.3 is 5.97 Å². The smallest absolute Gasteiger partial charge is 0.303 e. The molecular formula is C10H17IO2. The molecule has 3 heteroatoms. The van der Waals surface area contributed by atoms with Gasteiger partial charge in [0.2, 0.25) is 0 Å². The van der Waals surface area contributed by atoms with Gasteiger partial charge in [-0.05, 0) is 34.4 Å². The number of ether oxygens (including phenoxy) is 1. The van der Waals surface area contributed by atoms with Crippen LogP contribution in [0.15, 0.2) is 0 Å². The van der Waals surface area contributed by atoms with E-state index in [4.69, 9.17) is 4.74 Å². The summed E-state index contributed by atoms with van der Waals surface area (Å²) in [5, 5.41) is 0. The molecule has 0 spiro atoms. The molecule has 0 amide bonds. The fourth-order valence-electron chi connectivity index (χ4n) is 2.33. The number of alkyl halides is 1. The highest BCUT2D eigenvalue weighted by molar-refractivity contribution is 14.1. The molecule has 0 unspecified atom stereocenters. The molecule has 1 fully saturated rings. The van der Waals surface area contributed by atoms with E-state index in [1.165, 1.54) is 19.8 Å². The lowest BCUT2D eigenvalue weighted by Crippen LogP contribution is -2.48. The van der Waals surface area contributed by atoms with Crippen LogP contribution in [0.4, 0.5) is 0 Å². The predicted octanol–water partition coefficient (Wildman–Crippen LogP) is 3.28. The molecule has 0 saturated heterocycles. The molecular weight excluding hydrogens is 279 g/mol. The second kappa shape index (κ2) is 3.75. The van der Waals surface area contributed by atoms with Crippen LogP contribution in [0, 0.1) is 5.41 Å². The largest absolute Gasteiger partial charge is 0.449 e. The Bertz CT molecular complexity index is 207. The Morgan fingerprint density at radius 1 is 1.54 bits per heavy atom.